The largest absolute Gasteiger partial charge is 0.497 e. The second kappa shape index (κ2) is 6.14. The van der Waals surface area contributed by atoms with E-state index in [9.17, 15) is 8.42 Å². The summed E-state index contributed by atoms with van der Waals surface area (Å²) in [6, 6.07) is 11.0. The average Bonchev–Trinajstić information content (AvgIpc) is 3.13. The fourth-order valence-electron chi connectivity index (χ4n) is 3.63. The molecule has 2 aromatic carbocycles. The predicted octanol–water partition coefficient (Wildman–Crippen LogP) is 3.24. The van der Waals surface area contributed by atoms with Crippen LogP contribution in [0.25, 0.3) is 10.9 Å². The van der Waals surface area contributed by atoms with Gasteiger partial charge in [-0.25, -0.2) is 13.1 Å². The molecule has 3 aromatic rings. The first-order valence-electron chi connectivity index (χ1n) is 8.64. The molecule has 0 fully saturated rings. The van der Waals surface area contributed by atoms with Crippen molar-refractivity contribution >= 4 is 20.9 Å². The molecule has 0 saturated heterocycles. The normalized spacial score (nSPS) is 16.8. The quantitative estimate of drug-likeness (QED) is 0.741. The van der Waals surface area contributed by atoms with Crippen molar-refractivity contribution in [3.8, 4) is 5.75 Å². The van der Waals surface area contributed by atoms with E-state index in [0.717, 1.165) is 33.5 Å². The Morgan fingerprint density at radius 1 is 1.08 bits per heavy atom. The molecule has 0 radical (unpaired) electrons. The highest BCUT2D eigenvalue weighted by Gasteiger charge is 2.29. The van der Waals surface area contributed by atoms with Crippen LogP contribution in [-0.2, 0) is 22.9 Å². The molecule has 0 aliphatic heterocycles. The number of hydrogen-bond donors (Lipinski definition) is 2. The van der Waals surface area contributed by atoms with Gasteiger partial charge in [-0.3, -0.25) is 0 Å². The number of aryl methyl sites for hydroxylation is 2. The SMILES string of the molecule is COc1ccc2[nH]c3c(c2c1)CC(NS(=O)(=O)c1ccc(C)c(C)c1)C3. The molecule has 0 bridgehead atoms. The molecule has 1 atom stereocenters. The summed E-state index contributed by atoms with van der Waals surface area (Å²) in [5.41, 5.74) is 5.39. The third-order valence-corrected chi connectivity index (χ3v) is 6.73. The number of H-pyrrole nitrogens is 1. The molecular weight excluding hydrogens is 348 g/mol. The maximum Gasteiger partial charge on any atom is 0.240 e. The first kappa shape index (κ1) is 17.1. The van der Waals surface area contributed by atoms with Crippen molar-refractivity contribution in [2.24, 2.45) is 0 Å². The molecule has 4 rings (SSSR count). The summed E-state index contributed by atoms with van der Waals surface area (Å²) in [7, 11) is -1.89. The first-order chi connectivity index (χ1) is 12.4. The molecule has 2 N–H and O–H groups in total. The van der Waals surface area contributed by atoms with E-state index in [1.54, 1.807) is 19.2 Å². The van der Waals surface area contributed by atoms with E-state index in [1.165, 1.54) is 5.56 Å². The summed E-state index contributed by atoms with van der Waals surface area (Å²) >= 11 is 0. The van der Waals surface area contributed by atoms with E-state index in [1.807, 2.05) is 38.1 Å². The van der Waals surface area contributed by atoms with Crippen LogP contribution >= 0.6 is 0 Å². The summed E-state index contributed by atoms with van der Waals surface area (Å²) in [4.78, 5) is 3.73. The molecule has 6 heteroatoms. The van der Waals surface area contributed by atoms with Crippen molar-refractivity contribution in [2.45, 2.75) is 37.6 Å². The van der Waals surface area contributed by atoms with Crippen molar-refractivity contribution in [1.82, 2.24) is 9.71 Å². The lowest BCUT2D eigenvalue weighted by molar-refractivity contribution is 0.415. The minimum atomic E-state index is -3.53. The molecule has 136 valence electrons. The van der Waals surface area contributed by atoms with Crippen LogP contribution in [0.15, 0.2) is 41.3 Å². The lowest BCUT2D eigenvalue weighted by Crippen LogP contribution is -2.35. The number of fused-ring (bicyclic) bond motifs is 3. The van der Waals surface area contributed by atoms with Crippen molar-refractivity contribution in [3.63, 3.8) is 0 Å². The van der Waals surface area contributed by atoms with Gasteiger partial charge in [0.1, 0.15) is 5.75 Å². The van der Waals surface area contributed by atoms with Gasteiger partial charge in [0.15, 0.2) is 0 Å². The molecule has 26 heavy (non-hydrogen) atoms. The second-order valence-corrected chi connectivity index (χ2v) is 8.68. The Hall–Kier alpha value is -2.31. The number of ether oxygens (including phenoxy) is 1. The van der Waals surface area contributed by atoms with Crippen LogP contribution in [0.1, 0.15) is 22.4 Å². The fourth-order valence-corrected chi connectivity index (χ4v) is 4.95. The lowest BCUT2D eigenvalue weighted by atomic mass is 10.1. The van der Waals surface area contributed by atoms with Gasteiger partial charge in [0, 0.05) is 29.1 Å². The minimum Gasteiger partial charge on any atom is -0.497 e. The molecule has 1 aromatic heterocycles. The summed E-state index contributed by atoms with van der Waals surface area (Å²) in [5.74, 6) is 0.804. The number of aromatic nitrogens is 1. The number of rotatable bonds is 4. The summed E-state index contributed by atoms with van der Waals surface area (Å²) < 4.78 is 33.7. The van der Waals surface area contributed by atoms with E-state index in [0.29, 0.717) is 17.7 Å². The van der Waals surface area contributed by atoms with E-state index >= 15 is 0 Å². The summed E-state index contributed by atoms with van der Waals surface area (Å²) in [6.07, 6.45) is 1.34. The van der Waals surface area contributed by atoms with Gasteiger partial charge in [0.05, 0.1) is 12.0 Å². The van der Waals surface area contributed by atoms with Gasteiger partial charge in [-0.2, -0.15) is 0 Å². The fraction of sp³-hybridized carbons (Fsp3) is 0.300. The van der Waals surface area contributed by atoms with Gasteiger partial charge in [-0.15, -0.1) is 0 Å². The van der Waals surface area contributed by atoms with Crippen LogP contribution in [-0.4, -0.2) is 26.6 Å². The van der Waals surface area contributed by atoms with E-state index in [4.69, 9.17) is 4.74 Å². The number of nitrogens with one attached hydrogen (secondary N) is 2. The first-order valence-corrected chi connectivity index (χ1v) is 10.1. The zero-order valence-electron chi connectivity index (χ0n) is 15.1. The van der Waals surface area contributed by atoms with Gasteiger partial charge in [-0.1, -0.05) is 6.07 Å². The highest BCUT2D eigenvalue weighted by Crippen LogP contribution is 2.33. The Morgan fingerprint density at radius 3 is 2.62 bits per heavy atom. The highest BCUT2D eigenvalue weighted by molar-refractivity contribution is 7.89. The number of methoxy groups -OCH3 is 1. The summed E-state index contributed by atoms with van der Waals surface area (Å²) in [5, 5.41) is 1.10. The predicted molar refractivity (Wildman–Crippen MR) is 102 cm³/mol. The maximum absolute atomic E-state index is 12.7. The minimum absolute atomic E-state index is 0.140. The third-order valence-electron chi connectivity index (χ3n) is 5.21. The van der Waals surface area contributed by atoms with Crippen LogP contribution in [0.4, 0.5) is 0 Å². The molecule has 1 unspecified atom stereocenters. The van der Waals surface area contributed by atoms with Crippen LogP contribution < -0.4 is 9.46 Å². The van der Waals surface area contributed by atoms with Gasteiger partial charge in [-0.05, 0) is 67.3 Å². The zero-order valence-corrected chi connectivity index (χ0v) is 15.9. The number of sulfonamides is 1. The standard InChI is InChI=1S/C20H22N2O3S/c1-12-4-6-16(8-13(12)2)26(23,24)22-14-9-17-18-11-15(25-3)5-7-19(18)21-20(17)10-14/h4-8,11,14,21-22H,9-10H2,1-3H3. The van der Waals surface area contributed by atoms with Crippen LogP contribution in [0, 0.1) is 13.8 Å². The van der Waals surface area contributed by atoms with Crippen molar-refractivity contribution in [3.05, 3.63) is 58.8 Å². The number of aromatic amines is 1. The van der Waals surface area contributed by atoms with E-state index < -0.39 is 10.0 Å². The molecule has 1 heterocycles. The van der Waals surface area contributed by atoms with E-state index in [2.05, 4.69) is 9.71 Å². The van der Waals surface area contributed by atoms with Crippen molar-refractivity contribution in [2.75, 3.05) is 7.11 Å². The monoisotopic (exact) mass is 370 g/mol. The Kier molecular flexibility index (Phi) is 4.04. The van der Waals surface area contributed by atoms with Crippen LogP contribution in [0.5, 0.6) is 5.75 Å². The van der Waals surface area contributed by atoms with Gasteiger partial charge in [0.25, 0.3) is 0 Å². The highest BCUT2D eigenvalue weighted by atomic mass is 32.2. The number of hydrogen-bond acceptors (Lipinski definition) is 3. The Balaban J connectivity index is 1.59. The topological polar surface area (TPSA) is 71.2 Å². The second-order valence-electron chi connectivity index (χ2n) is 6.97. The molecule has 0 amide bonds. The smallest absolute Gasteiger partial charge is 0.240 e. The Labute approximate surface area is 153 Å². The Morgan fingerprint density at radius 2 is 1.88 bits per heavy atom. The van der Waals surface area contributed by atoms with Crippen LogP contribution in [0.2, 0.25) is 0 Å². The molecule has 5 nitrogen and oxygen atoms in total. The van der Waals surface area contributed by atoms with Crippen molar-refractivity contribution in [1.29, 1.82) is 0 Å². The van der Waals surface area contributed by atoms with Crippen LogP contribution in [0.3, 0.4) is 0 Å². The van der Waals surface area contributed by atoms with Gasteiger partial charge >= 0.3 is 0 Å². The summed E-state index contributed by atoms with van der Waals surface area (Å²) in [6.45, 7) is 3.90. The molecule has 1 aliphatic rings. The van der Waals surface area contributed by atoms with E-state index in [-0.39, 0.29) is 6.04 Å². The van der Waals surface area contributed by atoms with Crippen molar-refractivity contribution < 1.29 is 13.2 Å². The maximum atomic E-state index is 12.7. The number of benzene rings is 2. The van der Waals surface area contributed by atoms with Gasteiger partial charge in [0.2, 0.25) is 10.0 Å². The zero-order chi connectivity index (χ0) is 18.5. The molecular formula is C20H22N2O3S. The molecule has 0 saturated carbocycles. The van der Waals surface area contributed by atoms with Gasteiger partial charge < -0.3 is 9.72 Å². The lowest BCUT2D eigenvalue weighted by Gasteiger charge is -2.14. The third kappa shape index (κ3) is 2.89. The average molecular weight is 370 g/mol. The molecule has 0 spiro atoms. The molecule has 1 aliphatic carbocycles. The Bertz CT molecular complexity index is 1100.